The Hall–Kier alpha value is -3.64. The lowest BCUT2D eigenvalue weighted by Gasteiger charge is -2.01. The number of pyridine rings is 2. The lowest BCUT2D eigenvalue weighted by Crippen LogP contribution is -2.14. The molecule has 4 aromatic rings. The molecule has 0 aromatic carbocycles. The highest BCUT2D eigenvalue weighted by Gasteiger charge is 2.21. The Balaban J connectivity index is 0.000000172. The number of hydrogen-bond donors (Lipinski definition) is 2. The van der Waals surface area contributed by atoms with Crippen LogP contribution >= 0.6 is 22.7 Å². The van der Waals surface area contributed by atoms with Crippen molar-refractivity contribution in [2.75, 3.05) is 10.6 Å². The number of nitrogens with zero attached hydrogens (tertiary/aromatic N) is 6. The molecule has 0 radical (unpaired) electrons. The van der Waals surface area contributed by atoms with Gasteiger partial charge in [-0.2, -0.15) is 0 Å². The molecular formula is C23H24N8O2S2. The Morgan fingerprint density at radius 2 is 1.46 bits per heavy atom. The second kappa shape index (κ2) is 12.7. The fourth-order valence-corrected chi connectivity index (χ4v) is 4.90. The SMILES string of the molecule is O=C(Cc1ccccn1)Nc1nnc(C2CCCC2)s1.O=C(Cc1ccccn1)Nc1nncs1. The average molecular weight is 509 g/mol. The van der Waals surface area contributed by atoms with E-state index in [1.807, 2.05) is 30.3 Å². The minimum atomic E-state index is -0.134. The first kappa shape index (κ1) is 24.5. The molecule has 0 spiro atoms. The van der Waals surface area contributed by atoms with Gasteiger partial charge in [0, 0.05) is 29.7 Å². The molecule has 1 fully saturated rings. The van der Waals surface area contributed by atoms with Crippen molar-refractivity contribution in [1.29, 1.82) is 0 Å². The zero-order valence-electron chi connectivity index (χ0n) is 18.8. The molecule has 2 N–H and O–H groups in total. The number of carbonyl (C=O) groups excluding carboxylic acids is 2. The van der Waals surface area contributed by atoms with Crippen LogP contribution < -0.4 is 10.6 Å². The van der Waals surface area contributed by atoms with Crippen LogP contribution in [0.1, 0.15) is 48.0 Å². The van der Waals surface area contributed by atoms with E-state index in [0.717, 1.165) is 16.4 Å². The number of aromatic nitrogens is 6. The highest BCUT2D eigenvalue weighted by atomic mass is 32.1. The van der Waals surface area contributed by atoms with Crippen LogP contribution in [0.25, 0.3) is 0 Å². The van der Waals surface area contributed by atoms with E-state index in [1.54, 1.807) is 24.0 Å². The van der Waals surface area contributed by atoms with Crippen LogP contribution in [0, 0.1) is 0 Å². The Kier molecular flexibility index (Phi) is 8.90. The summed E-state index contributed by atoms with van der Waals surface area (Å²) in [5.74, 6) is 0.303. The van der Waals surface area contributed by atoms with Gasteiger partial charge in [0.05, 0.1) is 12.8 Å². The number of carbonyl (C=O) groups is 2. The van der Waals surface area contributed by atoms with Crippen LogP contribution in [0.3, 0.4) is 0 Å². The van der Waals surface area contributed by atoms with Crippen LogP contribution in [0.15, 0.2) is 54.3 Å². The molecule has 0 unspecified atom stereocenters. The number of anilines is 2. The summed E-state index contributed by atoms with van der Waals surface area (Å²) in [5.41, 5.74) is 3.06. The van der Waals surface area contributed by atoms with Crippen molar-refractivity contribution < 1.29 is 9.59 Å². The number of nitrogens with one attached hydrogen (secondary N) is 2. The molecule has 4 heterocycles. The van der Waals surface area contributed by atoms with Crippen LogP contribution in [-0.2, 0) is 22.4 Å². The van der Waals surface area contributed by atoms with Gasteiger partial charge in [0.15, 0.2) is 0 Å². The quantitative estimate of drug-likeness (QED) is 0.384. The fraction of sp³-hybridized carbons (Fsp3) is 0.304. The van der Waals surface area contributed by atoms with Gasteiger partial charge < -0.3 is 10.6 Å². The van der Waals surface area contributed by atoms with Gasteiger partial charge in [-0.25, -0.2) is 0 Å². The van der Waals surface area contributed by atoms with Crippen molar-refractivity contribution in [1.82, 2.24) is 30.4 Å². The first-order valence-electron chi connectivity index (χ1n) is 11.1. The molecule has 0 atom stereocenters. The normalized spacial score (nSPS) is 13.0. The average Bonchev–Trinajstić information content (AvgIpc) is 3.64. The first-order chi connectivity index (χ1) is 17.2. The standard InChI is InChI=1S/C14H16N4OS.C9H8N4OS/c19-12(9-11-7-3-4-8-15-11)16-14-18-17-13(20-14)10-5-1-2-6-10;14-8(12-9-13-11-6-15-9)5-7-3-1-2-4-10-7/h3-4,7-8,10H,1-2,5-6,9H2,(H,16,18,19);1-4,6H,5H2,(H,12,13,14). The van der Waals surface area contributed by atoms with Gasteiger partial charge in [0.1, 0.15) is 10.5 Å². The summed E-state index contributed by atoms with van der Waals surface area (Å²) in [7, 11) is 0. The van der Waals surface area contributed by atoms with E-state index in [-0.39, 0.29) is 24.7 Å². The zero-order valence-corrected chi connectivity index (χ0v) is 20.5. The molecule has 1 saturated carbocycles. The van der Waals surface area contributed by atoms with E-state index < -0.39 is 0 Å². The second-order valence-corrected chi connectivity index (χ2v) is 9.61. The van der Waals surface area contributed by atoms with E-state index in [4.69, 9.17) is 0 Å². The Morgan fingerprint density at radius 3 is 2.00 bits per heavy atom. The van der Waals surface area contributed by atoms with Gasteiger partial charge in [0.25, 0.3) is 0 Å². The summed E-state index contributed by atoms with van der Waals surface area (Å²) in [5, 5.41) is 23.2. The number of amides is 2. The van der Waals surface area contributed by atoms with Crippen molar-refractivity contribution in [2.45, 2.75) is 44.4 Å². The monoisotopic (exact) mass is 508 g/mol. The highest BCUT2D eigenvalue weighted by Crippen LogP contribution is 2.36. The Morgan fingerprint density at radius 1 is 0.829 bits per heavy atom. The van der Waals surface area contributed by atoms with Gasteiger partial charge in [-0.15, -0.1) is 20.4 Å². The number of rotatable bonds is 7. The van der Waals surface area contributed by atoms with E-state index >= 15 is 0 Å². The Bertz CT molecular complexity index is 1200. The van der Waals surface area contributed by atoms with Gasteiger partial charge in [-0.1, -0.05) is 47.6 Å². The highest BCUT2D eigenvalue weighted by molar-refractivity contribution is 7.15. The van der Waals surface area contributed by atoms with Gasteiger partial charge >= 0.3 is 0 Å². The third-order valence-electron chi connectivity index (χ3n) is 5.13. The van der Waals surface area contributed by atoms with Crippen LogP contribution in [0.5, 0.6) is 0 Å². The van der Waals surface area contributed by atoms with E-state index in [0.29, 0.717) is 16.2 Å². The molecule has 2 amide bonds. The lowest BCUT2D eigenvalue weighted by molar-refractivity contribution is -0.116. The maximum atomic E-state index is 11.9. The minimum absolute atomic E-state index is 0.0992. The molecule has 0 aliphatic heterocycles. The van der Waals surface area contributed by atoms with Crippen molar-refractivity contribution in [2.24, 2.45) is 0 Å². The fourth-order valence-electron chi connectivity index (χ4n) is 3.51. The maximum absolute atomic E-state index is 11.9. The third-order valence-corrected chi connectivity index (χ3v) is 6.74. The predicted octanol–water partition coefficient (Wildman–Crippen LogP) is 3.89. The summed E-state index contributed by atoms with van der Waals surface area (Å²) in [6, 6.07) is 11.0. The van der Waals surface area contributed by atoms with Gasteiger partial charge in [-0.05, 0) is 37.1 Å². The van der Waals surface area contributed by atoms with Crippen molar-refractivity contribution >= 4 is 44.8 Å². The smallest absolute Gasteiger partial charge is 0.232 e. The molecule has 1 aliphatic carbocycles. The minimum Gasteiger partial charge on any atom is -0.300 e. The van der Waals surface area contributed by atoms with E-state index in [1.165, 1.54) is 48.4 Å². The van der Waals surface area contributed by atoms with Crippen molar-refractivity contribution in [3.05, 3.63) is 70.7 Å². The van der Waals surface area contributed by atoms with Crippen molar-refractivity contribution in [3.8, 4) is 0 Å². The molecule has 0 saturated heterocycles. The summed E-state index contributed by atoms with van der Waals surface area (Å²) >= 11 is 2.78. The van der Waals surface area contributed by atoms with E-state index in [9.17, 15) is 9.59 Å². The van der Waals surface area contributed by atoms with Crippen LogP contribution in [-0.4, -0.2) is 42.2 Å². The molecular weight excluding hydrogens is 484 g/mol. The van der Waals surface area contributed by atoms with Crippen molar-refractivity contribution in [3.63, 3.8) is 0 Å². The summed E-state index contributed by atoms with van der Waals surface area (Å²) in [4.78, 5) is 31.6. The third kappa shape index (κ3) is 7.97. The molecule has 180 valence electrons. The largest absolute Gasteiger partial charge is 0.300 e. The number of hydrogen-bond acceptors (Lipinski definition) is 10. The van der Waals surface area contributed by atoms with Gasteiger partial charge in [0.2, 0.25) is 22.1 Å². The summed E-state index contributed by atoms with van der Waals surface area (Å²) < 4.78 is 0. The topological polar surface area (TPSA) is 136 Å². The predicted molar refractivity (Wildman–Crippen MR) is 134 cm³/mol. The molecule has 12 heteroatoms. The van der Waals surface area contributed by atoms with Crippen LogP contribution in [0.2, 0.25) is 0 Å². The molecule has 1 aliphatic rings. The molecule has 0 bridgehead atoms. The molecule has 35 heavy (non-hydrogen) atoms. The second-order valence-electron chi connectivity index (χ2n) is 7.76. The zero-order chi connectivity index (χ0) is 24.3. The van der Waals surface area contributed by atoms with Gasteiger partial charge in [-0.3, -0.25) is 19.6 Å². The first-order valence-corrected chi connectivity index (χ1v) is 12.8. The summed E-state index contributed by atoms with van der Waals surface area (Å²) in [6.07, 6.45) is 8.78. The summed E-state index contributed by atoms with van der Waals surface area (Å²) in [6.45, 7) is 0. The molecule has 10 nitrogen and oxygen atoms in total. The Labute approximate surface area is 210 Å². The molecule has 5 rings (SSSR count). The van der Waals surface area contributed by atoms with E-state index in [2.05, 4.69) is 41.0 Å². The van der Waals surface area contributed by atoms with Crippen LogP contribution in [0.4, 0.5) is 10.3 Å². The lowest BCUT2D eigenvalue weighted by atomic mass is 10.1. The molecule has 4 aromatic heterocycles. The maximum Gasteiger partial charge on any atom is 0.232 e.